The molecule has 0 heterocycles. The molecule has 3 N–H and O–H groups in total. The van der Waals surface area contributed by atoms with Crippen molar-refractivity contribution in [3.05, 3.63) is 11.6 Å². The minimum atomic E-state index is -3.87. The molecule has 126 valence electrons. The third-order valence-corrected chi connectivity index (χ3v) is 3.02. The monoisotopic (exact) mass is 323 g/mol. The summed E-state index contributed by atoms with van der Waals surface area (Å²) in [5, 5.41) is 2.38. The van der Waals surface area contributed by atoms with Crippen LogP contribution in [0.3, 0.4) is 0 Å². The molecule has 0 spiro atoms. The van der Waals surface area contributed by atoms with Crippen molar-refractivity contribution in [2.45, 2.75) is 71.0 Å². The molecular weight excluding hydrogens is 284 g/mol. The normalized spacial score (nSPS) is 35.1. The summed E-state index contributed by atoms with van der Waals surface area (Å²) in [6.45, 7) is -4.77. The molecule has 0 saturated heterocycles. The van der Waals surface area contributed by atoms with Crippen molar-refractivity contribution in [3.63, 3.8) is 0 Å². The van der Waals surface area contributed by atoms with Crippen LogP contribution in [0.5, 0.6) is 0 Å². The number of rotatable bonds is 7. The van der Waals surface area contributed by atoms with E-state index in [9.17, 15) is 9.59 Å². The second-order valence-electron chi connectivity index (χ2n) is 4.67. The van der Waals surface area contributed by atoms with Crippen molar-refractivity contribution in [2.24, 2.45) is 5.73 Å². The average molecular weight is 323 g/mol. The van der Waals surface area contributed by atoms with Crippen LogP contribution in [0.2, 0.25) is 0 Å². The van der Waals surface area contributed by atoms with Gasteiger partial charge in [-0.1, -0.05) is 13.7 Å². The highest BCUT2D eigenvalue weighted by atomic mass is 16.5. The maximum atomic E-state index is 12.2. The molecular formula is C16H28N2O4. The molecule has 0 aromatic carbocycles. The number of hydrogen-bond acceptors (Lipinski definition) is 5. The third-order valence-electron chi connectivity index (χ3n) is 3.02. The molecule has 1 aliphatic rings. The van der Waals surface area contributed by atoms with Crippen LogP contribution >= 0.6 is 0 Å². The number of ether oxygens (including phenoxy) is 2. The lowest BCUT2D eigenvalue weighted by Crippen LogP contribution is -2.57. The van der Waals surface area contributed by atoms with Gasteiger partial charge in [0.25, 0.3) is 0 Å². The highest BCUT2D eigenvalue weighted by Gasteiger charge is 2.35. The molecule has 0 aromatic rings. The van der Waals surface area contributed by atoms with Gasteiger partial charge in [0.05, 0.1) is 26.2 Å². The lowest BCUT2D eigenvalue weighted by atomic mass is 9.88. The van der Waals surface area contributed by atoms with Crippen LogP contribution in [-0.2, 0) is 19.1 Å². The summed E-state index contributed by atoms with van der Waals surface area (Å²) in [5.41, 5.74) is 5.93. The Balaban J connectivity index is 3.75. The number of nitrogens with two attached hydrogens (primary N) is 1. The van der Waals surface area contributed by atoms with Gasteiger partial charge in [0, 0.05) is 32.2 Å². The molecule has 0 bridgehead atoms. The number of carbonyl (C=O) groups is 2. The Morgan fingerprint density at radius 1 is 1.59 bits per heavy atom. The number of nitrogens with one attached hydrogen (secondary N) is 1. The molecule has 0 saturated carbocycles. The zero-order valence-corrected chi connectivity index (χ0v) is 12.4. The predicted octanol–water partition coefficient (Wildman–Crippen LogP) is 1.29. The van der Waals surface area contributed by atoms with Gasteiger partial charge in [-0.25, -0.2) is 4.79 Å². The van der Waals surface area contributed by atoms with Crippen molar-refractivity contribution in [2.75, 3.05) is 6.61 Å². The minimum Gasteiger partial charge on any atom is -0.463 e. The Bertz CT molecular complexity index is 753. The molecule has 0 fully saturated rings. The largest absolute Gasteiger partial charge is 0.463 e. The molecule has 6 nitrogen and oxygen atoms in total. The number of amides is 1. The molecule has 1 amide bonds. The topological polar surface area (TPSA) is 90.7 Å². The Morgan fingerprint density at radius 3 is 2.82 bits per heavy atom. The van der Waals surface area contributed by atoms with Gasteiger partial charge in [0.2, 0.25) is 5.91 Å². The Labute approximate surface area is 147 Å². The van der Waals surface area contributed by atoms with Crippen LogP contribution in [0.4, 0.5) is 0 Å². The fraction of sp³-hybridized carbons (Fsp3) is 0.750. The maximum absolute atomic E-state index is 12.2. The van der Waals surface area contributed by atoms with E-state index in [1.807, 2.05) is 0 Å². The minimum absolute atomic E-state index is 0.0162. The SMILES string of the molecule is [2H]C([2H])([2H])C([2H])([2H])C([2H])(O[C@@H]1C=C(C(=O)OCC)C[C@H](N)[C@H]1NC(C)=O)C([2H])([2H])C([2H])([2H])[2H]. The van der Waals surface area contributed by atoms with Crippen molar-refractivity contribution in [3.8, 4) is 0 Å². The van der Waals surface area contributed by atoms with Crippen molar-refractivity contribution < 1.29 is 34.1 Å². The first-order valence-corrected chi connectivity index (χ1v) is 6.72. The number of carbonyl (C=O) groups excluding carboxylic acids is 2. The molecule has 6 heteroatoms. The zero-order valence-electron chi connectivity index (χ0n) is 23.4. The Morgan fingerprint density at radius 2 is 2.27 bits per heavy atom. The fourth-order valence-corrected chi connectivity index (χ4v) is 2.13. The summed E-state index contributed by atoms with van der Waals surface area (Å²) in [4.78, 5) is 23.9. The summed E-state index contributed by atoms with van der Waals surface area (Å²) in [5.74, 6) is -1.50. The van der Waals surface area contributed by atoms with E-state index in [4.69, 9.17) is 30.3 Å². The fourth-order valence-electron chi connectivity index (χ4n) is 2.13. The van der Waals surface area contributed by atoms with Crippen LogP contribution < -0.4 is 11.1 Å². The van der Waals surface area contributed by atoms with E-state index < -0.39 is 62.6 Å². The van der Waals surface area contributed by atoms with Gasteiger partial charge in [0.1, 0.15) is 0 Å². The smallest absolute Gasteiger partial charge is 0.333 e. The van der Waals surface area contributed by atoms with E-state index in [1.165, 1.54) is 6.92 Å². The average Bonchev–Trinajstić information content (AvgIpc) is 2.61. The molecule has 22 heavy (non-hydrogen) atoms. The maximum Gasteiger partial charge on any atom is 0.333 e. The molecule has 0 unspecified atom stereocenters. The van der Waals surface area contributed by atoms with Crippen LogP contribution in [0.25, 0.3) is 0 Å². The van der Waals surface area contributed by atoms with Gasteiger partial charge < -0.3 is 20.5 Å². The van der Waals surface area contributed by atoms with E-state index in [0.717, 1.165) is 13.0 Å². The van der Waals surface area contributed by atoms with E-state index in [-0.39, 0.29) is 18.6 Å². The first-order chi connectivity index (χ1) is 14.6. The number of esters is 1. The molecule has 1 rings (SSSR count). The summed E-state index contributed by atoms with van der Waals surface area (Å²) in [7, 11) is 0. The van der Waals surface area contributed by atoms with E-state index in [0.29, 0.717) is 0 Å². The van der Waals surface area contributed by atoms with Gasteiger partial charge >= 0.3 is 5.97 Å². The molecule has 0 aromatic heterocycles. The van der Waals surface area contributed by atoms with E-state index in [2.05, 4.69) is 5.32 Å². The van der Waals surface area contributed by atoms with Crippen LogP contribution in [0, 0.1) is 0 Å². The van der Waals surface area contributed by atoms with Gasteiger partial charge in [-0.2, -0.15) is 0 Å². The summed E-state index contributed by atoms with van der Waals surface area (Å²) < 4.78 is 95.6. The van der Waals surface area contributed by atoms with Crippen LogP contribution in [0.15, 0.2) is 11.6 Å². The highest BCUT2D eigenvalue weighted by molar-refractivity contribution is 5.89. The summed E-state index contributed by atoms with van der Waals surface area (Å²) in [6.07, 6.45) is -12.5. The van der Waals surface area contributed by atoms with E-state index >= 15 is 0 Å². The lowest BCUT2D eigenvalue weighted by Gasteiger charge is -2.36. The second kappa shape index (κ2) is 8.90. The summed E-state index contributed by atoms with van der Waals surface area (Å²) >= 11 is 0. The quantitative estimate of drug-likeness (QED) is 0.689. The molecule has 0 radical (unpaired) electrons. The molecule has 1 aliphatic carbocycles. The van der Waals surface area contributed by atoms with Gasteiger partial charge in [-0.3, -0.25) is 4.79 Å². The van der Waals surface area contributed by atoms with E-state index in [1.54, 1.807) is 0 Å². The van der Waals surface area contributed by atoms with Gasteiger partial charge in [0.15, 0.2) is 0 Å². The van der Waals surface area contributed by atoms with Crippen molar-refractivity contribution in [1.82, 2.24) is 5.32 Å². The standard InChI is InChI=1S/C16H28N2O4/c1-5-12(6-2)22-14-9-11(16(20)21-7-3)8-13(17)15(14)18-10(4)19/h9,12-15H,5-8,17H2,1-4H3,(H,18,19)/t13-,14+,15+/m0/s1/i1D3,2D3,5D2,6D2,12D. The molecule has 3 atom stereocenters. The van der Waals surface area contributed by atoms with Gasteiger partial charge in [-0.15, -0.1) is 0 Å². The number of hydrogen-bond donors (Lipinski definition) is 2. The van der Waals surface area contributed by atoms with Crippen molar-refractivity contribution in [1.29, 1.82) is 0 Å². The zero-order chi connectivity index (χ0) is 26.2. The Kier molecular flexibility index (Phi) is 3.21. The molecule has 0 aliphatic heterocycles. The lowest BCUT2D eigenvalue weighted by molar-refractivity contribution is -0.139. The predicted molar refractivity (Wildman–Crippen MR) is 84.2 cm³/mol. The van der Waals surface area contributed by atoms with Crippen LogP contribution in [0.1, 0.15) is 61.8 Å². The van der Waals surface area contributed by atoms with Crippen LogP contribution in [-0.4, -0.2) is 42.8 Å². The Hall–Kier alpha value is -1.40. The van der Waals surface area contributed by atoms with Crippen molar-refractivity contribution >= 4 is 11.9 Å². The summed E-state index contributed by atoms with van der Waals surface area (Å²) in [6, 6.07) is -2.35. The van der Waals surface area contributed by atoms with Gasteiger partial charge in [-0.05, 0) is 32.2 Å². The first kappa shape index (κ1) is 7.93. The second-order valence-corrected chi connectivity index (χ2v) is 4.67. The highest BCUT2D eigenvalue weighted by Crippen LogP contribution is 2.24. The first-order valence-electron chi connectivity index (χ1n) is 12.2. The third kappa shape index (κ3) is 5.10.